The summed E-state index contributed by atoms with van der Waals surface area (Å²) in [6.45, 7) is 4.33. The quantitative estimate of drug-likeness (QED) is 0.223. The van der Waals surface area contributed by atoms with Crippen LogP contribution >= 0.6 is 11.3 Å². The Balaban J connectivity index is 1.33. The number of aromatic nitrogens is 1. The minimum absolute atomic E-state index is 0.0627. The van der Waals surface area contributed by atoms with Crippen molar-refractivity contribution in [1.82, 2.24) is 4.98 Å². The zero-order valence-electron chi connectivity index (χ0n) is 22.6. The molecule has 2 aliphatic rings. The summed E-state index contributed by atoms with van der Waals surface area (Å²) in [6, 6.07) is 9.32. The second-order valence-corrected chi connectivity index (χ2v) is 12.0. The lowest BCUT2D eigenvalue weighted by molar-refractivity contribution is -0.112. The molecule has 0 atom stereocenters. The number of hydrogen-bond acceptors (Lipinski definition) is 3. The summed E-state index contributed by atoms with van der Waals surface area (Å²) in [4.78, 5) is 20.4. The van der Waals surface area contributed by atoms with Gasteiger partial charge in [-0.05, 0) is 78.1 Å². The summed E-state index contributed by atoms with van der Waals surface area (Å²) >= 11 is 1.55. The third-order valence-corrected chi connectivity index (χ3v) is 9.75. The van der Waals surface area contributed by atoms with Gasteiger partial charge in [-0.1, -0.05) is 51.7 Å². The van der Waals surface area contributed by atoms with Crippen LogP contribution in [0.15, 0.2) is 40.7 Å². The molecular weight excluding hydrogens is 507 g/mol. The number of fused-ring (bicyclic) bond motifs is 2. The van der Waals surface area contributed by atoms with Crippen molar-refractivity contribution in [2.24, 2.45) is 10.9 Å². The highest BCUT2D eigenvalue weighted by Gasteiger charge is 2.25. The monoisotopic (exact) mass is 542 g/mol. The molecule has 6 rings (SSSR count). The van der Waals surface area contributed by atoms with Gasteiger partial charge < -0.3 is 10.1 Å². The molecule has 0 saturated heterocycles. The topological polar surface area (TPSA) is 65.4 Å². The number of nitrogens with zero attached hydrogens (tertiary/aromatic N) is 1. The summed E-state index contributed by atoms with van der Waals surface area (Å²) in [5, 5.41) is 14.4. The third kappa shape index (κ3) is 4.84. The maximum absolute atomic E-state index is 15.7. The van der Waals surface area contributed by atoms with Crippen molar-refractivity contribution in [3.63, 3.8) is 0 Å². The predicted octanol–water partition coefficient (Wildman–Crippen LogP) is 7.76. The third-order valence-electron chi connectivity index (χ3n) is 8.71. The Morgan fingerprint density at radius 3 is 2.64 bits per heavy atom. The molecule has 0 bridgehead atoms. The molecule has 0 radical (unpaired) electrons. The largest absolute Gasteiger partial charge is 0.495 e. The van der Waals surface area contributed by atoms with Gasteiger partial charge in [0.05, 0.1) is 10.9 Å². The zero-order chi connectivity index (χ0) is 27.1. The van der Waals surface area contributed by atoms with E-state index in [-0.39, 0.29) is 17.6 Å². The summed E-state index contributed by atoms with van der Waals surface area (Å²) in [5.41, 5.74) is 5.28. The van der Waals surface area contributed by atoms with Gasteiger partial charge in [-0.3, -0.25) is 4.79 Å². The number of nitrogens with one attached hydrogen (secondary N) is 1. The van der Waals surface area contributed by atoms with Crippen LogP contribution in [0.2, 0.25) is 0 Å². The first kappa shape index (κ1) is 26.0. The molecule has 0 unspecified atom stereocenters. The first-order valence-corrected chi connectivity index (χ1v) is 15.2. The summed E-state index contributed by atoms with van der Waals surface area (Å²) in [7, 11) is 0. The SMILES string of the molecule is CCCCCC1CCC(c2ccc(-c3csc(-c4c5c(cc6cc(O)[nH]c46)=NC(=O)C=5)c3CC)c(F)c2)CC1. The molecule has 1 fully saturated rings. The minimum atomic E-state index is -0.283. The molecule has 4 aromatic rings. The smallest absolute Gasteiger partial charge is 0.270 e. The molecule has 2 aromatic heterocycles. The Morgan fingerprint density at radius 2 is 1.90 bits per heavy atom. The lowest BCUT2D eigenvalue weighted by Gasteiger charge is -2.29. The highest BCUT2D eigenvalue weighted by atomic mass is 32.1. The van der Waals surface area contributed by atoms with Crippen molar-refractivity contribution >= 4 is 34.2 Å². The fourth-order valence-corrected chi connectivity index (χ4v) is 7.88. The molecule has 1 amide bonds. The van der Waals surface area contributed by atoms with E-state index in [9.17, 15) is 9.90 Å². The number of amides is 1. The molecule has 0 spiro atoms. The summed E-state index contributed by atoms with van der Waals surface area (Å²) in [6.07, 6.45) is 12.3. The van der Waals surface area contributed by atoms with Crippen LogP contribution in [0.5, 0.6) is 5.88 Å². The van der Waals surface area contributed by atoms with E-state index in [0.29, 0.717) is 23.3 Å². The number of aromatic hydroxyl groups is 1. The van der Waals surface area contributed by atoms with Gasteiger partial charge in [0, 0.05) is 38.8 Å². The van der Waals surface area contributed by atoms with Crippen molar-refractivity contribution < 1.29 is 14.3 Å². The number of carbonyl (C=O) groups is 1. The summed E-state index contributed by atoms with van der Waals surface area (Å²) < 4.78 is 15.7. The van der Waals surface area contributed by atoms with E-state index in [4.69, 9.17) is 0 Å². The van der Waals surface area contributed by atoms with E-state index in [1.165, 1.54) is 38.5 Å². The number of carbonyl (C=O) groups excluding carboxylic acids is 1. The van der Waals surface area contributed by atoms with Crippen LogP contribution in [0, 0.1) is 11.7 Å². The first-order chi connectivity index (χ1) is 19.0. The average molecular weight is 543 g/mol. The maximum Gasteiger partial charge on any atom is 0.270 e. The molecule has 1 aliphatic heterocycles. The molecule has 1 aliphatic carbocycles. The highest BCUT2D eigenvalue weighted by Crippen LogP contribution is 2.43. The fraction of sp³-hybridized carbons (Fsp3) is 0.394. The van der Waals surface area contributed by atoms with Crippen LogP contribution in [0.4, 0.5) is 4.39 Å². The number of rotatable bonds is 8. The number of thiophene rings is 1. The lowest BCUT2D eigenvalue weighted by Crippen LogP contribution is -2.24. The number of H-pyrrole nitrogens is 1. The van der Waals surface area contributed by atoms with E-state index < -0.39 is 0 Å². The van der Waals surface area contributed by atoms with Crippen molar-refractivity contribution in [3.8, 4) is 27.4 Å². The molecule has 2 aromatic carbocycles. The van der Waals surface area contributed by atoms with Gasteiger partial charge in [-0.15, -0.1) is 11.3 Å². The standard InChI is InChI=1S/C33H35FN2O2S/c1-3-5-6-7-19-8-10-20(11-9-19)21-12-13-24(27(34)14-21)26-18-39-33(23(26)4-2)31-25-17-30(38)35-28(25)15-22-16-29(37)36-32(22)31/h12-20,36-37H,3-11H2,1-2H3. The second kappa shape index (κ2) is 10.7. The molecule has 202 valence electrons. The number of benzene rings is 2. The van der Waals surface area contributed by atoms with E-state index in [1.54, 1.807) is 29.5 Å². The Morgan fingerprint density at radius 1 is 1.08 bits per heavy atom. The second-order valence-electron chi connectivity index (χ2n) is 11.2. The summed E-state index contributed by atoms with van der Waals surface area (Å²) in [5.74, 6) is 0.884. The Hall–Kier alpha value is -3.25. The van der Waals surface area contributed by atoms with E-state index >= 15 is 4.39 Å². The molecule has 3 heterocycles. The van der Waals surface area contributed by atoms with Crippen molar-refractivity contribution in [2.45, 2.75) is 77.6 Å². The molecule has 1 saturated carbocycles. The van der Waals surface area contributed by atoms with Gasteiger partial charge in [0.2, 0.25) is 0 Å². The average Bonchev–Trinajstić information content (AvgIpc) is 3.62. The number of hydrogen-bond donors (Lipinski definition) is 2. The molecule has 2 N–H and O–H groups in total. The van der Waals surface area contributed by atoms with E-state index in [1.807, 2.05) is 17.5 Å². The van der Waals surface area contributed by atoms with Crippen molar-refractivity contribution in [3.05, 3.63) is 63.2 Å². The van der Waals surface area contributed by atoms with Gasteiger partial charge in [0.15, 0.2) is 5.88 Å². The van der Waals surface area contributed by atoms with Gasteiger partial charge in [-0.2, -0.15) is 0 Å². The number of aromatic amines is 1. The highest BCUT2D eigenvalue weighted by molar-refractivity contribution is 7.14. The predicted molar refractivity (Wildman–Crippen MR) is 157 cm³/mol. The minimum Gasteiger partial charge on any atom is -0.495 e. The van der Waals surface area contributed by atoms with E-state index in [2.05, 4.69) is 29.9 Å². The molecule has 4 nitrogen and oxygen atoms in total. The van der Waals surface area contributed by atoms with Gasteiger partial charge in [0.25, 0.3) is 5.91 Å². The zero-order valence-corrected chi connectivity index (χ0v) is 23.5. The van der Waals surface area contributed by atoms with Gasteiger partial charge >= 0.3 is 0 Å². The van der Waals surface area contributed by atoms with E-state index in [0.717, 1.165) is 62.0 Å². The molecule has 6 heteroatoms. The van der Waals surface area contributed by atoms with Crippen molar-refractivity contribution in [1.29, 1.82) is 0 Å². The van der Waals surface area contributed by atoms with Crippen LogP contribution in [-0.2, 0) is 11.2 Å². The molecular formula is C33H35FN2O2S. The van der Waals surface area contributed by atoms with Crippen LogP contribution in [-0.4, -0.2) is 16.0 Å². The fourth-order valence-electron chi connectivity index (χ4n) is 6.65. The Labute approximate surface area is 232 Å². The van der Waals surface area contributed by atoms with Crippen LogP contribution in [0.3, 0.4) is 0 Å². The Kier molecular flexibility index (Phi) is 7.15. The first-order valence-electron chi connectivity index (χ1n) is 14.4. The normalized spacial score (nSPS) is 18.8. The maximum atomic E-state index is 15.7. The number of halogens is 1. The van der Waals surface area contributed by atoms with Crippen LogP contribution < -0.4 is 10.6 Å². The van der Waals surface area contributed by atoms with Gasteiger partial charge in [-0.25, -0.2) is 9.38 Å². The van der Waals surface area contributed by atoms with Crippen molar-refractivity contribution in [2.75, 3.05) is 0 Å². The van der Waals surface area contributed by atoms with Crippen LogP contribution in [0.25, 0.3) is 38.5 Å². The lowest BCUT2D eigenvalue weighted by atomic mass is 9.77. The number of unbranched alkanes of at least 4 members (excludes halogenated alkanes) is 2. The molecule has 39 heavy (non-hydrogen) atoms. The Bertz CT molecular complexity index is 1670. The van der Waals surface area contributed by atoms with Crippen LogP contribution in [0.1, 0.15) is 82.3 Å². The van der Waals surface area contributed by atoms with Gasteiger partial charge in [0.1, 0.15) is 5.82 Å².